The Morgan fingerprint density at radius 3 is 1.57 bits per heavy atom. The molecule has 4 N–H and O–H groups in total. The predicted octanol–water partition coefficient (Wildman–Crippen LogP) is 6.61. The molecule has 0 amide bonds. The summed E-state index contributed by atoms with van der Waals surface area (Å²) in [5.74, 6) is -1.94. The van der Waals surface area contributed by atoms with E-state index in [2.05, 4.69) is 10.6 Å². The summed E-state index contributed by atoms with van der Waals surface area (Å²) in [7, 11) is 0. The number of anilines is 2. The highest BCUT2D eigenvalue weighted by Gasteiger charge is 2.32. The van der Waals surface area contributed by atoms with Gasteiger partial charge >= 0.3 is 11.3 Å². The zero-order chi connectivity index (χ0) is 29.4. The first kappa shape index (κ1) is 26.8. The van der Waals surface area contributed by atoms with Crippen LogP contribution in [0.4, 0.5) is 11.4 Å². The molecule has 2 heterocycles. The molecule has 2 aromatic heterocycles. The van der Waals surface area contributed by atoms with Gasteiger partial charge in [0.1, 0.15) is 22.7 Å². The highest BCUT2D eigenvalue weighted by Crippen LogP contribution is 2.42. The van der Waals surface area contributed by atoms with E-state index in [1.165, 1.54) is 0 Å². The molecule has 4 aromatic carbocycles. The highest BCUT2D eigenvalue weighted by atomic mass is 32.1. The average Bonchev–Trinajstić information content (AvgIpc) is 2.98. The van der Waals surface area contributed by atoms with Crippen molar-refractivity contribution < 1.29 is 19.0 Å². The number of fused-ring (bicyclic) bond motifs is 2. The molecule has 8 nitrogen and oxygen atoms in total. The van der Waals surface area contributed by atoms with Crippen molar-refractivity contribution in [3.8, 4) is 11.5 Å². The normalized spacial score (nSPS) is 11.2. The lowest BCUT2D eigenvalue weighted by atomic mass is 9.84. The van der Waals surface area contributed by atoms with Gasteiger partial charge in [-0.15, -0.1) is 0 Å². The van der Waals surface area contributed by atoms with Crippen molar-refractivity contribution in [1.29, 1.82) is 0 Å². The van der Waals surface area contributed by atoms with Crippen molar-refractivity contribution in [2.24, 2.45) is 0 Å². The minimum Gasteiger partial charge on any atom is -0.507 e. The third-order valence-corrected chi connectivity index (χ3v) is 7.23. The zero-order valence-electron chi connectivity index (χ0n) is 22.3. The molecule has 0 radical (unpaired) electrons. The van der Waals surface area contributed by atoms with Crippen LogP contribution in [-0.4, -0.2) is 15.3 Å². The van der Waals surface area contributed by atoms with E-state index in [9.17, 15) is 19.8 Å². The lowest BCUT2D eigenvalue weighted by Crippen LogP contribution is -2.21. The van der Waals surface area contributed by atoms with E-state index in [0.717, 1.165) is 11.3 Å². The lowest BCUT2D eigenvalue weighted by molar-refractivity contribution is 0.441. The van der Waals surface area contributed by atoms with Crippen LogP contribution in [-0.2, 0) is 0 Å². The molecule has 0 saturated heterocycles. The minimum absolute atomic E-state index is 0.186. The lowest BCUT2D eigenvalue weighted by Gasteiger charge is -2.20. The van der Waals surface area contributed by atoms with Crippen LogP contribution >= 0.6 is 12.2 Å². The van der Waals surface area contributed by atoms with Crippen LogP contribution in [0.5, 0.6) is 11.5 Å². The molecule has 0 atom stereocenters. The van der Waals surface area contributed by atoms with Crippen molar-refractivity contribution in [3.05, 3.63) is 140 Å². The predicted molar refractivity (Wildman–Crippen MR) is 167 cm³/mol. The Labute approximate surface area is 244 Å². The van der Waals surface area contributed by atoms with Crippen LogP contribution in [0.1, 0.15) is 28.2 Å². The van der Waals surface area contributed by atoms with Crippen LogP contribution in [0.15, 0.2) is 115 Å². The van der Waals surface area contributed by atoms with Crippen LogP contribution < -0.4 is 21.9 Å². The van der Waals surface area contributed by atoms with Gasteiger partial charge in [0.05, 0.1) is 27.8 Å². The van der Waals surface area contributed by atoms with Crippen LogP contribution in [0, 0.1) is 6.92 Å². The van der Waals surface area contributed by atoms with E-state index in [1.807, 2.05) is 31.2 Å². The van der Waals surface area contributed by atoms with E-state index in [4.69, 9.17) is 21.1 Å². The van der Waals surface area contributed by atoms with Gasteiger partial charge in [0, 0.05) is 11.4 Å². The number of hydrogen-bond donors (Lipinski definition) is 4. The number of thiocarbonyl (C=S) groups is 1. The second kappa shape index (κ2) is 10.9. The fraction of sp³-hybridized carbons (Fsp3) is 0.0606. The Bertz CT molecular complexity index is 1980. The zero-order valence-corrected chi connectivity index (χ0v) is 23.1. The molecule has 0 spiro atoms. The van der Waals surface area contributed by atoms with Crippen molar-refractivity contribution in [2.75, 3.05) is 10.6 Å². The molecular formula is C33H24N2O6S. The molecule has 0 saturated carbocycles. The Balaban J connectivity index is 1.46. The number of hydrogen-bond acceptors (Lipinski definition) is 7. The summed E-state index contributed by atoms with van der Waals surface area (Å²) in [5, 5.41) is 29.8. The third kappa shape index (κ3) is 4.97. The first-order valence-electron chi connectivity index (χ1n) is 13.0. The molecule has 0 fully saturated rings. The second-order valence-electron chi connectivity index (χ2n) is 9.80. The maximum atomic E-state index is 13.4. The number of aryl methyl sites for hydroxylation is 1. The maximum absolute atomic E-state index is 13.4. The maximum Gasteiger partial charge on any atom is 0.344 e. The van der Waals surface area contributed by atoms with E-state index in [0.29, 0.717) is 16.4 Å². The van der Waals surface area contributed by atoms with Gasteiger partial charge in [-0.2, -0.15) is 0 Å². The van der Waals surface area contributed by atoms with Gasteiger partial charge in [-0.3, -0.25) is 0 Å². The summed E-state index contributed by atoms with van der Waals surface area (Å²) in [6.07, 6.45) is 0. The molecule has 0 aliphatic heterocycles. The van der Waals surface area contributed by atoms with Crippen molar-refractivity contribution >= 4 is 50.6 Å². The molecule has 9 heteroatoms. The van der Waals surface area contributed by atoms with E-state index < -0.39 is 17.2 Å². The van der Waals surface area contributed by atoms with E-state index >= 15 is 0 Å². The quantitative estimate of drug-likeness (QED) is 0.133. The van der Waals surface area contributed by atoms with Gasteiger partial charge in [0.15, 0.2) is 5.11 Å². The molecule has 42 heavy (non-hydrogen) atoms. The van der Waals surface area contributed by atoms with Crippen molar-refractivity contribution in [1.82, 2.24) is 0 Å². The first-order chi connectivity index (χ1) is 20.3. The molecule has 208 valence electrons. The second-order valence-corrected chi connectivity index (χ2v) is 10.2. The van der Waals surface area contributed by atoms with E-state index in [-0.39, 0.29) is 44.6 Å². The summed E-state index contributed by atoms with van der Waals surface area (Å²) >= 11 is 5.45. The Morgan fingerprint density at radius 1 is 0.667 bits per heavy atom. The fourth-order valence-electron chi connectivity index (χ4n) is 4.97. The molecule has 6 aromatic rings. The highest BCUT2D eigenvalue weighted by molar-refractivity contribution is 7.80. The van der Waals surface area contributed by atoms with Crippen LogP contribution in [0.3, 0.4) is 0 Å². The van der Waals surface area contributed by atoms with Crippen molar-refractivity contribution in [2.45, 2.75) is 12.8 Å². The van der Waals surface area contributed by atoms with Gasteiger partial charge in [0.25, 0.3) is 0 Å². The van der Waals surface area contributed by atoms with Crippen LogP contribution in [0.2, 0.25) is 0 Å². The van der Waals surface area contributed by atoms with Crippen molar-refractivity contribution in [3.63, 3.8) is 0 Å². The largest absolute Gasteiger partial charge is 0.507 e. The summed E-state index contributed by atoms with van der Waals surface area (Å²) in [6, 6.07) is 27.6. The van der Waals surface area contributed by atoms with E-state index in [1.54, 1.807) is 72.8 Å². The summed E-state index contributed by atoms with van der Waals surface area (Å²) in [5.41, 5.74) is 1.27. The molecule has 0 aliphatic rings. The standard InChI is InChI=1S/C33H24N2O6S/c1-18-10-14-20(15-11-18)34-33(42)35-21-16-12-19(13-17-21)26(27-29(36)22-6-2-4-8-24(22)40-31(27)38)28-30(37)23-7-3-5-9-25(23)41-32(28)39/h2-17,26,36-37H,1H3,(H2,34,35,42). The number of para-hydroxylation sites is 2. The first-order valence-corrected chi connectivity index (χ1v) is 13.4. The Hall–Kier alpha value is -5.41. The minimum atomic E-state index is -1.22. The molecular weight excluding hydrogens is 552 g/mol. The Morgan fingerprint density at radius 2 is 1.10 bits per heavy atom. The number of rotatable bonds is 5. The van der Waals surface area contributed by atoms with Gasteiger partial charge in [-0.25, -0.2) is 9.59 Å². The molecule has 0 unspecified atom stereocenters. The third-order valence-electron chi connectivity index (χ3n) is 7.03. The Kier molecular flexibility index (Phi) is 6.93. The summed E-state index contributed by atoms with van der Waals surface area (Å²) in [6.45, 7) is 2.00. The smallest absolute Gasteiger partial charge is 0.344 e. The number of nitrogens with one attached hydrogen (secondary N) is 2. The van der Waals surface area contributed by atoms with Crippen LogP contribution in [0.25, 0.3) is 21.9 Å². The summed E-state index contributed by atoms with van der Waals surface area (Å²) < 4.78 is 11.1. The average molecular weight is 577 g/mol. The molecule has 6 rings (SSSR count). The number of aromatic hydroxyl groups is 2. The van der Waals surface area contributed by atoms with Gasteiger partial charge in [0.2, 0.25) is 0 Å². The number of benzene rings is 4. The van der Waals surface area contributed by atoms with Gasteiger partial charge in [-0.05, 0) is 73.2 Å². The van der Waals surface area contributed by atoms with Gasteiger partial charge in [-0.1, -0.05) is 54.1 Å². The summed E-state index contributed by atoms with van der Waals surface area (Å²) in [4.78, 5) is 26.7. The molecule has 0 bridgehead atoms. The fourth-order valence-corrected chi connectivity index (χ4v) is 5.21. The van der Waals surface area contributed by atoms with Gasteiger partial charge < -0.3 is 29.7 Å². The monoisotopic (exact) mass is 576 g/mol. The SMILES string of the molecule is Cc1ccc(NC(=S)Nc2ccc(C(c3c(O)c4ccccc4oc3=O)c3c(O)c4ccccc4oc3=O)cc2)cc1. The topological polar surface area (TPSA) is 125 Å². The molecule has 0 aliphatic carbocycles.